The van der Waals surface area contributed by atoms with E-state index in [-0.39, 0.29) is 5.91 Å². The van der Waals surface area contributed by atoms with Gasteiger partial charge in [-0.15, -0.1) is 12.3 Å². The van der Waals surface area contributed by atoms with E-state index in [1.165, 1.54) is 6.92 Å². The quantitative estimate of drug-likeness (QED) is 0.586. The van der Waals surface area contributed by atoms with Crippen molar-refractivity contribution >= 4 is 17.3 Å². The molecule has 16 heavy (non-hydrogen) atoms. The molecule has 3 nitrogen and oxygen atoms in total. The van der Waals surface area contributed by atoms with Gasteiger partial charge in [0.15, 0.2) is 0 Å². The SMILES string of the molecule is C#CCCCNc1cccc(NC(C)=O)c1. The fourth-order valence-corrected chi connectivity index (χ4v) is 1.33. The Morgan fingerprint density at radius 1 is 1.44 bits per heavy atom. The van der Waals surface area contributed by atoms with Crippen LogP contribution in [0, 0.1) is 12.3 Å². The van der Waals surface area contributed by atoms with Gasteiger partial charge in [-0.2, -0.15) is 0 Å². The minimum Gasteiger partial charge on any atom is -0.385 e. The molecule has 1 aromatic carbocycles. The highest BCUT2D eigenvalue weighted by atomic mass is 16.1. The zero-order chi connectivity index (χ0) is 11.8. The van der Waals surface area contributed by atoms with Gasteiger partial charge in [-0.05, 0) is 24.6 Å². The standard InChI is InChI=1S/C13H16N2O/c1-3-4-5-9-14-12-7-6-8-13(10-12)15-11(2)16/h1,6-8,10,14H,4-5,9H2,2H3,(H,15,16). The number of amides is 1. The number of hydrogen-bond acceptors (Lipinski definition) is 2. The molecule has 0 heterocycles. The maximum absolute atomic E-state index is 10.9. The van der Waals surface area contributed by atoms with Gasteiger partial charge in [-0.25, -0.2) is 0 Å². The van der Waals surface area contributed by atoms with Crippen LogP contribution in [-0.2, 0) is 4.79 Å². The molecular weight excluding hydrogens is 200 g/mol. The predicted molar refractivity (Wildman–Crippen MR) is 67.3 cm³/mol. The van der Waals surface area contributed by atoms with E-state index in [1.807, 2.05) is 24.3 Å². The van der Waals surface area contributed by atoms with Gasteiger partial charge >= 0.3 is 0 Å². The second-order valence-electron chi connectivity index (χ2n) is 3.50. The lowest BCUT2D eigenvalue weighted by Crippen LogP contribution is -2.06. The Morgan fingerprint density at radius 2 is 2.19 bits per heavy atom. The van der Waals surface area contributed by atoms with Gasteiger partial charge in [0, 0.05) is 31.3 Å². The number of terminal acetylenes is 1. The summed E-state index contributed by atoms with van der Waals surface area (Å²) in [6.45, 7) is 2.33. The fraction of sp³-hybridized carbons (Fsp3) is 0.308. The highest BCUT2D eigenvalue weighted by Gasteiger charge is 1.96. The smallest absolute Gasteiger partial charge is 0.221 e. The number of carbonyl (C=O) groups excluding carboxylic acids is 1. The summed E-state index contributed by atoms with van der Waals surface area (Å²) in [7, 11) is 0. The Labute approximate surface area is 96.2 Å². The van der Waals surface area contributed by atoms with Crippen molar-refractivity contribution in [2.45, 2.75) is 19.8 Å². The maximum Gasteiger partial charge on any atom is 0.221 e. The average Bonchev–Trinajstić information content (AvgIpc) is 2.24. The monoisotopic (exact) mass is 216 g/mol. The summed E-state index contributed by atoms with van der Waals surface area (Å²) in [5.41, 5.74) is 1.79. The van der Waals surface area contributed by atoms with Crippen LogP contribution in [0.25, 0.3) is 0 Å². The molecule has 3 heteroatoms. The summed E-state index contributed by atoms with van der Waals surface area (Å²) in [5.74, 6) is 2.53. The van der Waals surface area contributed by atoms with Gasteiger partial charge in [0.05, 0.1) is 0 Å². The number of carbonyl (C=O) groups is 1. The summed E-state index contributed by atoms with van der Waals surface area (Å²) in [6.07, 6.45) is 6.88. The lowest BCUT2D eigenvalue weighted by Gasteiger charge is -2.07. The Kier molecular flexibility index (Phi) is 4.94. The average molecular weight is 216 g/mol. The molecule has 2 N–H and O–H groups in total. The topological polar surface area (TPSA) is 41.1 Å². The number of benzene rings is 1. The number of anilines is 2. The third-order valence-electron chi connectivity index (χ3n) is 2.01. The molecule has 0 aliphatic carbocycles. The van der Waals surface area contributed by atoms with Crippen LogP contribution >= 0.6 is 0 Å². The van der Waals surface area contributed by atoms with E-state index in [2.05, 4.69) is 16.6 Å². The molecule has 1 amide bonds. The minimum absolute atomic E-state index is 0.0653. The molecular formula is C13H16N2O. The van der Waals surface area contributed by atoms with Gasteiger partial charge < -0.3 is 10.6 Å². The number of rotatable bonds is 5. The van der Waals surface area contributed by atoms with Crippen LogP contribution in [0.2, 0.25) is 0 Å². The molecule has 1 rings (SSSR count). The summed E-state index contributed by atoms with van der Waals surface area (Å²) in [4.78, 5) is 10.9. The van der Waals surface area contributed by atoms with E-state index in [9.17, 15) is 4.79 Å². The molecule has 0 radical (unpaired) electrons. The summed E-state index contributed by atoms with van der Waals surface area (Å²) in [5, 5.41) is 5.98. The second-order valence-corrected chi connectivity index (χ2v) is 3.50. The van der Waals surface area contributed by atoms with Gasteiger partial charge in [-0.3, -0.25) is 4.79 Å². The minimum atomic E-state index is -0.0653. The molecule has 0 saturated carbocycles. The number of hydrogen-bond donors (Lipinski definition) is 2. The van der Waals surface area contributed by atoms with Crippen LogP contribution in [0.5, 0.6) is 0 Å². The number of nitrogens with one attached hydrogen (secondary N) is 2. The Balaban J connectivity index is 2.47. The molecule has 0 spiro atoms. The van der Waals surface area contributed by atoms with Gasteiger partial charge in [0.1, 0.15) is 0 Å². The third-order valence-corrected chi connectivity index (χ3v) is 2.01. The van der Waals surface area contributed by atoms with Crippen LogP contribution in [0.3, 0.4) is 0 Å². The summed E-state index contributed by atoms with van der Waals surface area (Å²) in [6, 6.07) is 7.61. The van der Waals surface area contributed by atoms with E-state index in [0.717, 1.165) is 30.8 Å². The molecule has 0 aliphatic heterocycles. The van der Waals surface area contributed by atoms with Crippen molar-refractivity contribution in [2.24, 2.45) is 0 Å². The van der Waals surface area contributed by atoms with Crippen molar-refractivity contribution in [3.63, 3.8) is 0 Å². The van der Waals surface area contributed by atoms with Crippen molar-refractivity contribution in [1.29, 1.82) is 0 Å². The van der Waals surface area contributed by atoms with E-state index >= 15 is 0 Å². The molecule has 0 unspecified atom stereocenters. The highest BCUT2D eigenvalue weighted by molar-refractivity contribution is 5.89. The number of unbranched alkanes of at least 4 members (excludes halogenated alkanes) is 1. The molecule has 0 fully saturated rings. The van der Waals surface area contributed by atoms with Crippen LogP contribution in [0.1, 0.15) is 19.8 Å². The second kappa shape index (κ2) is 6.52. The first kappa shape index (κ1) is 12.1. The largest absolute Gasteiger partial charge is 0.385 e. The highest BCUT2D eigenvalue weighted by Crippen LogP contribution is 2.14. The maximum atomic E-state index is 10.9. The van der Waals surface area contributed by atoms with Crippen LogP contribution in [-0.4, -0.2) is 12.5 Å². The lowest BCUT2D eigenvalue weighted by molar-refractivity contribution is -0.114. The Bertz CT molecular complexity index is 393. The zero-order valence-corrected chi connectivity index (χ0v) is 9.42. The predicted octanol–water partition coefficient (Wildman–Crippen LogP) is 2.47. The van der Waals surface area contributed by atoms with Gasteiger partial charge in [0.2, 0.25) is 5.91 Å². The van der Waals surface area contributed by atoms with Gasteiger partial charge in [-0.1, -0.05) is 6.07 Å². The Morgan fingerprint density at radius 3 is 2.88 bits per heavy atom. The van der Waals surface area contributed by atoms with E-state index in [0.29, 0.717) is 0 Å². The van der Waals surface area contributed by atoms with E-state index in [1.54, 1.807) is 0 Å². The van der Waals surface area contributed by atoms with Crippen molar-refractivity contribution < 1.29 is 4.79 Å². The molecule has 0 aliphatic rings. The van der Waals surface area contributed by atoms with Crippen molar-refractivity contribution in [1.82, 2.24) is 0 Å². The molecule has 1 aromatic rings. The normalized spacial score (nSPS) is 9.25. The molecule has 0 atom stereocenters. The fourth-order valence-electron chi connectivity index (χ4n) is 1.33. The molecule has 0 aromatic heterocycles. The van der Waals surface area contributed by atoms with E-state index in [4.69, 9.17) is 6.42 Å². The third kappa shape index (κ3) is 4.52. The van der Waals surface area contributed by atoms with Crippen LogP contribution < -0.4 is 10.6 Å². The molecule has 0 bridgehead atoms. The Hall–Kier alpha value is -1.95. The molecule has 84 valence electrons. The van der Waals surface area contributed by atoms with Gasteiger partial charge in [0.25, 0.3) is 0 Å². The summed E-state index contributed by atoms with van der Waals surface area (Å²) < 4.78 is 0. The van der Waals surface area contributed by atoms with Crippen molar-refractivity contribution in [3.05, 3.63) is 24.3 Å². The molecule has 0 saturated heterocycles. The first-order chi connectivity index (χ1) is 7.72. The van der Waals surface area contributed by atoms with Crippen LogP contribution in [0.4, 0.5) is 11.4 Å². The van der Waals surface area contributed by atoms with Crippen molar-refractivity contribution in [3.8, 4) is 12.3 Å². The zero-order valence-electron chi connectivity index (χ0n) is 9.42. The summed E-state index contributed by atoms with van der Waals surface area (Å²) >= 11 is 0. The van der Waals surface area contributed by atoms with Crippen LogP contribution in [0.15, 0.2) is 24.3 Å². The van der Waals surface area contributed by atoms with Crippen molar-refractivity contribution in [2.75, 3.05) is 17.2 Å². The lowest BCUT2D eigenvalue weighted by atomic mass is 10.2. The first-order valence-corrected chi connectivity index (χ1v) is 5.27. The first-order valence-electron chi connectivity index (χ1n) is 5.27. The van der Waals surface area contributed by atoms with E-state index < -0.39 is 0 Å².